The highest BCUT2D eigenvalue weighted by atomic mass is 16.6. The van der Waals surface area contributed by atoms with Crippen LogP contribution < -0.4 is 0 Å². The molecule has 0 saturated heterocycles. The van der Waals surface area contributed by atoms with E-state index in [9.17, 15) is 25.0 Å². The first-order chi connectivity index (χ1) is 8.81. The maximum atomic E-state index is 10.6. The Morgan fingerprint density at radius 2 is 1.68 bits per heavy atom. The van der Waals surface area contributed by atoms with Gasteiger partial charge in [-0.1, -0.05) is 6.08 Å². The Morgan fingerprint density at radius 1 is 1.21 bits per heavy atom. The Kier molecular flexibility index (Phi) is 4.30. The summed E-state index contributed by atoms with van der Waals surface area (Å²) >= 11 is 0. The zero-order chi connectivity index (χ0) is 14.6. The van der Waals surface area contributed by atoms with Crippen molar-refractivity contribution in [2.45, 2.75) is 13.3 Å². The van der Waals surface area contributed by atoms with Gasteiger partial charge in [-0.05, 0) is 18.9 Å². The van der Waals surface area contributed by atoms with E-state index in [1.54, 1.807) is 0 Å². The molecule has 0 aliphatic heterocycles. The molecule has 19 heavy (non-hydrogen) atoms. The van der Waals surface area contributed by atoms with Crippen molar-refractivity contribution >= 4 is 17.3 Å². The second-order valence-corrected chi connectivity index (χ2v) is 3.77. The Bertz CT molecular complexity index is 546. The maximum absolute atomic E-state index is 10.6. The third-order valence-electron chi connectivity index (χ3n) is 2.37. The van der Waals surface area contributed by atoms with Gasteiger partial charge >= 0.3 is 5.97 Å². The number of hydrogen-bond acceptors (Lipinski definition) is 5. The first-order valence-corrected chi connectivity index (χ1v) is 5.14. The summed E-state index contributed by atoms with van der Waals surface area (Å²) in [4.78, 5) is 30.4. The number of rotatable bonds is 5. The van der Waals surface area contributed by atoms with Crippen molar-refractivity contribution in [3.8, 4) is 0 Å². The molecule has 0 spiro atoms. The molecule has 0 aliphatic rings. The van der Waals surface area contributed by atoms with Gasteiger partial charge in [0.25, 0.3) is 11.4 Å². The van der Waals surface area contributed by atoms with Crippen molar-refractivity contribution in [1.29, 1.82) is 0 Å². The summed E-state index contributed by atoms with van der Waals surface area (Å²) < 4.78 is 0. The number of carboxylic acid groups (broad SMARTS) is 1. The highest BCUT2D eigenvalue weighted by molar-refractivity contribution is 5.85. The average molecular weight is 266 g/mol. The van der Waals surface area contributed by atoms with Crippen molar-refractivity contribution in [1.82, 2.24) is 0 Å². The average Bonchev–Trinajstić information content (AvgIpc) is 2.35. The fraction of sp³-hybridized carbons (Fsp3) is 0.182. The lowest BCUT2D eigenvalue weighted by molar-refractivity contribution is -0.394. The topological polar surface area (TPSA) is 124 Å². The fourth-order valence-corrected chi connectivity index (χ4v) is 1.34. The van der Waals surface area contributed by atoms with E-state index in [1.165, 1.54) is 25.1 Å². The lowest BCUT2D eigenvalue weighted by Crippen LogP contribution is -1.98. The molecule has 0 radical (unpaired) electrons. The van der Waals surface area contributed by atoms with Gasteiger partial charge in [-0.3, -0.25) is 20.2 Å². The number of nitro benzene ring substituents is 2. The summed E-state index contributed by atoms with van der Waals surface area (Å²) in [5.41, 5.74) is -0.424. The number of aliphatic carboxylic acids is 1. The summed E-state index contributed by atoms with van der Waals surface area (Å²) in [6.45, 7) is 1.37. The van der Waals surface area contributed by atoms with Crippen LogP contribution in [0.4, 0.5) is 11.4 Å². The zero-order valence-corrected chi connectivity index (χ0v) is 9.90. The maximum Gasteiger partial charge on any atom is 0.330 e. The molecule has 0 amide bonds. The number of nitro groups is 2. The number of non-ortho nitro benzene ring substituents is 2. The summed E-state index contributed by atoms with van der Waals surface area (Å²) in [5.74, 6) is -1.11. The molecule has 0 saturated carbocycles. The van der Waals surface area contributed by atoms with E-state index < -0.39 is 27.2 Å². The van der Waals surface area contributed by atoms with Crippen molar-refractivity contribution in [3.05, 3.63) is 55.6 Å². The molecule has 1 aromatic rings. The van der Waals surface area contributed by atoms with Crippen LogP contribution in [0.5, 0.6) is 0 Å². The monoisotopic (exact) mass is 266 g/mol. The Morgan fingerprint density at radius 3 is 2.05 bits per heavy atom. The van der Waals surface area contributed by atoms with Crippen molar-refractivity contribution < 1.29 is 19.7 Å². The quantitative estimate of drug-likeness (QED) is 0.494. The number of benzene rings is 1. The van der Waals surface area contributed by atoms with Gasteiger partial charge in [-0.25, -0.2) is 4.79 Å². The summed E-state index contributed by atoms with van der Waals surface area (Å²) in [5, 5.41) is 30.0. The summed E-state index contributed by atoms with van der Waals surface area (Å²) in [6.07, 6.45) is 1.41. The number of nitrogens with zero attached hydrogens (tertiary/aromatic N) is 2. The van der Waals surface area contributed by atoms with Gasteiger partial charge in [0.05, 0.1) is 15.9 Å². The third kappa shape index (κ3) is 3.87. The lowest BCUT2D eigenvalue weighted by Gasteiger charge is -1.99. The summed E-state index contributed by atoms with van der Waals surface area (Å²) in [7, 11) is 0. The Balaban J connectivity index is 3.13. The molecule has 0 aromatic heterocycles. The van der Waals surface area contributed by atoms with E-state index >= 15 is 0 Å². The van der Waals surface area contributed by atoms with Crippen LogP contribution in [0, 0.1) is 20.2 Å². The van der Waals surface area contributed by atoms with E-state index in [1.807, 2.05) is 0 Å². The van der Waals surface area contributed by atoms with Crippen molar-refractivity contribution in [2.75, 3.05) is 0 Å². The van der Waals surface area contributed by atoms with Crippen LogP contribution in [0.1, 0.15) is 12.5 Å². The van der Waals surface area contributed by atoms with Crippen LogP contribution in [0.25, 0.3) is 0 Å². The molecule has 100 valence electrons. The molecule has 8 heteroatoms. The standard InChI is InChI=1S/C11H10N2O6/c1-7(11(14)15)2-3-8-4-9(12(16)17)6-10(5-8)13(18)19/h2,4-6H,3H2,1H3,(H,14,15). The highest BCUT2D eigenvalue weighted by Gasteiger charge is 2.15. The predicted molar refractivity (Wildman–Crippen MR) is 64.8 cm³/mol. The third-order valence-corrected chi connectivity index (χ3v) is 2.37. The molecule has 0 fully saturated rings. The molecule has 0 unspecified atom stereocenters. The van der Waals surface area contributed by atoms with E-state index in [2.05, 4.69) is 0 Å². The van der Waals surface area contributed by atoms with E-state index in [0.717, 1.165) is 6.07 Å². The van der Waals surface area contributed by atoms with Crippen LogP contribution in [0.15, 0.2) is 29.8 Å². The van der Waals surface area contributed by atoms with Gasteiger partial charge in [-0.2, -0.15) is 0 Å². The minimum atomic E-state index is -1.11. The molecule has 0 bridgehead atoms. The predicted octanol–water partition coefficient (Wildman–Crippen LogP) is 2.08. The first-order valence-electron chi connectivity index (χ1n) is 5.14. The minimum absolute atomic E-state index is 0.0640. The normalized spacial score (nSPS) is 11.1. The van der Waals surface area contributed by atoms with Gasteiger partial charge in [0.2, 0.25) is 0 Å². The first kappa shape index (κ1) is 14.3. The Labute approximate surface area is 107 Å². The van der Waals surface area contributed by atoms with Gasteiger partial charge in [-0.15, -0.1) is 0 Å². The lowest BCUT2D eigenvalue weighted by atomic mass is 10.1. The second kappa shape index (κ2) is 5.71. The van der Waals surface area contributed by atoms with Crippen LogP contribution in [-0.2, 0) is 11.2 Å². The molecule has 0 aliphatic carbocycles. The number of allylic oxidation sites excluding steroid dienone is 1. The van der Waals surface area contributed by atoms with Gasteiger partial charge < -0.3 is 5.11 Å². The van der Waals surface area contributed by atoms with E-state index in [0.29, 0.717) is 5.56 Å². The Hall–Kier alpha value is -2.77. The molecule has 0 heterocycles. The zero-order valence-electron chi connectivity index (χ0n) is 9.90. The molecule has 8 nitrogen and oxygen atoms in total. The van der Waals surface area contributed by atoms with Crippen molar-refractivity contribution in [3.63, 3.8) is 0 Å². The molecular weight excluding hydrogens is 256 g/mol. The fourth-order valence-electron chi connectivity index (χ4n) is 1.34. The second-order valence-electron chi connectivity index (χ2n) is 3.77. The summed E-state index contributed by atoms with van der Waals surface area (Å²) in [6, 6.07) is 3.22. The molecule has 1 rings (SSSR count). The molecular formula is C11H10N2O6. The van der Waals surface area contributed by atoms with Crippen LogP contribution in [0.2, 0.25) is 0 Å². The van der Waals surface area contributed by atoms with Gasteiger partial charge in [0.15, 0.2) is 0 Å². The van der Waals surface area contributed by atoms with Gasteiger partial charge in [0, 0.05) is 17.7 Å². The number of carbonyl (C=O) groups is 1. The largest absolute Gasteiger partial charge is 0.478 e. The SMILES string of the molecule is CC(=CCc1cc([N+](=O)[O-])cc([N+](=O)[O-])c1)C(=O)O. The van der Waals surface area contributed by atoms with E-state index in [-0.39, 0.29) is 12.0 Å². The number of carboxylic acids is 1. The number of hydrogen-bond donors (Lipinski definition) is 1. The van der Waals surface area contributed by atoms with Crippen LogP contribution in [0.3, 0.4) is 0 Å². The smallest absolute Gasteiger partial charge is 0.330 e. The molecule has 1 N–H and O–H groups in total. The molecule has 1 aromatic carbocycles. The minimum Gasteiger partial charge on any atom is -0.478 e. The van der Waals surface area contributed by atoms with Crippen LogP contribution >= 0.6 is 0 Å². The van der Waals surface area contributed by atoms with E-state index in [4.69, 9.17) is 5.11 Å². The van der Waals surface area contributed by atoms with Gasteiger partial charge in [0.1, 0.15) is 0 Å². The van der Waals surface area contributed by atoms with Crippen molar-refractivity contribution in [2.24, 2.45) is 0 Å². The molecule has 0 atom stereocenters. The highest BCUT2D eigenvalue weighted by Crippen LogP contribution is 2.23. The van der Waals surface area contributed by atoms with Crippen LogP contribution in [-0.4, -0.2) is 20.9 Å².